The first kappa shape index (κ1) is 19.6. The predicted molar refractivity (Wildman–Crippen MR) is 99.5 cm³/mol. The van der Waals surface area contributed by atoms with Crippen LogP contribution in [0.15, 0.2) is 42.0 Å². The normalized spacial score (nSPS) is 9.52. The molecule has 0 amide bonds. The Kier molecular flexibility index (Phi) is 6.57. The van der Waals surface area contributed by atoms with Gasteiger partial charge in [-0.3, -0.25) is 4.79 Å². The lowest BCUT2D eigenvalue weighted by Gasteiger charge is -2.14. The van der Waals surface area contributed by atoms with Crippen molar-refractivity contribution in [3.63, 3.8) is 0 Å². The molecule has 27 heavy (non-hydrogen) atoms. The second-order valence-electron chi connectivity index (χ2n) is 5.56. The van der Waals surface area contributed by atoms with Crippen LogP contribution in [0.4, 0.5) is 0 Å². The van der Waals surface area contributed by atoms with Gasteiger partial charge in [0.25, 0.3) is 0 Å². The van der Waals surface area contributed by atoms with Gasteiger partial charge in [0.15, 0.2) is 17.3 Å². The number of allylic oxidation sites excluding steroid dienone is 1. The zero-order valence-electron chi connectivity index (χ0n) is 15.3. The average molecular weight is 362 g/mol. The van der Waals surface area contributed by atoms with Crippen molar-refractivity contribution < 1.29 is 19.0 Å². The summed E-state index contributed by atoms with van der Waals surface area (Å²) < 4.78 is 16.5. The van der Waals surface area contributed by atoms with E-state index >= 15 is 0 Å². The average Bonchev–Trinajstić information content (AvgIpc) is 2.70. The summed E-state index contributed by atoms with van der Waals surface area (Å²) in [6, 6.07) is 13.9. The van der Waals surface area contributed by atoms with E-state index in [4.69, 9.17) is 24.7 Å². The molecule has 2 aromatic carbocycles. The molecule has 0 aromatic heterocycles. The first-order valence-electron chi connectivity index (χ1n) is 8.03. The van der Waals surface area contributed by atoms with Gasteiger partial charge in [-0.2, -0.15) is 10.5 Å². The smallest absolute Gasteiger partial charge is 0.161 e. The Hall–Kier alpha value is -3.77. The van der Waals surface area contributed by atoms with Crippen LogP contribution in [0.25, 0.3) is 6.08 Å². The van der Waals surface area contributed by atoms with Crippen LogP contribution in [0.3, 0.4) is 0 Å². The van der Waals surface area contributed by atoms with E-state index in [1.165, 1.54) is 27.2 Å². The maximum atomic E-state index is 11.5. The number of carbonyl (C=O) groups is 1. The van der Waals surface area contributed by atoms with Crippen LogP contribution >= 0.6 is 0 Å². The first-order chi connectivity index (χ1) is 13.0. The molecule has 2 rings (SSSR count). The summed E-state index contributed by atoms with van der Waals surface area (Å²) in [7, 11) is 3.04. The zero-order chi connectivity index (χ0) is 19.8. The second-order valence-corrected chi connectivity index (χ2v) is 5.56. The fourth-order valence-electron chi connectivity index (χ4n) is 2.39. The predicted octanol–water partition coefficient (Wildman–Crippen LogP) is 3.92. The van der Waals surface area contributed by atoms with Crippen molar-refractivity contribution in [1.29, 1.82) is 10.5 Å². The molecular weight excluding hydrogens is 344 g/mol. The van der Waals surface area contributed by atoms with E-state index in [0.29, 0.717) is 28.4 Å². The number of hydrogen-bond acceptors (Lipinski definition) is 6. The summed E-state index contributed by atoms with van der Waals surface area (Å²) in [6.07, 6.45) is 1.47. The van der Waals surface area contributed by atoms with Crippen LogP contribution in [-0.4, -0.2) is 20.0 Å². The SMILES string of the molecule is COc1cc(C(C)=O)ccc1COc1ccc(C=C(C#N)C#N)cc1OC. The van der Waals surface area contributed by atoms with Crippen LogP contribution in [0.2, 0.25) is 0 Å². The van der Waals surface area contributed by atoms with E-state index < -0.39 is 0 Å². The number of methoxy groups -OCH3 is 2. The van der Waals surface area contributed by atoms with Gasteiger partial charge in [-0.25, -0.2) is 0 Å². The minimum Gasteiger partial charge on any atom is -0.496 e. The molecule has 136 valence electrons. The first-order valence-corrected chi connectivity index (χ1v) is 8.03. The molecule has 2 aromatic rings. The summed E-state index contributed by atoms with van der Waals surface area (Å²) in [5, 5.41) is 17.7. The fourth-order valence-corrected chi connectivity index (χ4v) is 2.39. The van der Waals surface area contributed by atoms with Crippen LogP contribution in [-0.2, 0) is 6.61 Å². The Morgan fingerprint density at radius 3 is 2.30 bits per heavy atom. The third kappa shape index (κ3) is 4.87. The largest absolute Gasteiger partial charge is 0.496 e. The number of ketones is 1. The minimum absolute atomic E-state index is 0.000943. The number of ether oxygens (including phenoxy) is 3. The highest BCUT2D eigenvalue weighted by atomic mass is 16.5. The molecule has 0 spiro atoms. The molecule has 0 aliphatic carbocycles. The van der Waals surface area contributed by atoms with Crippen LogP contribution in [0.1, 0.15) is 28.4 Å². The zero-order valence-corrected chi connectivity index (χ0v) is 15.3. The van der Waals surface area contributed by atoms with E-state index in [9.17, 15) is 4.79 Å². The van der Waals surface area contributed by atoms with E-state index in [-0.39, 0.29) is 18.0 Å². The molecule has 0 saturated heterocycles. The molecule has 0 bridgehead atoms. The third-order valence-corrected chi connectivity index (χ3v) is 3.82. The fraction of sp³-hybridized carbons (Fsp3) is 0.190. The standard InChI is InChI=1S/C21H18N2O4/c1-14(24)17-5-6-18(20(10-17)25-2)13-27-19-7-4-15(9-21(19)26-3)8-16(11-22)12-23/h4-10H,13H2,1-3H3. The summed E-state index contributed by atoms with van der Waals surface area (Å²) in [5.74, 6) is 1.50. The summed E-state index contributed by atoms with van der Waals surface area (Å²) >= 11 is 0. The number of rotatable bonds is 7. The van der Waals surface area contributed by atoms with Crippen molar-refractivity contribution in [1.82, 2.24) is 0 Å². The quantitative estimate of drug-likeness (QED) is 0.547. The molecule has 0 unspecified atom stereocenters. The molecule has 0 aliphatic heterocycles. The van der Waals surface area contributed by atoms with Crippen molar-refractivity contribution in [3.8, 4) is 29.4 Å². The minimum atomic E-state index is -0.0415. The van der Waals surface area contributed by atoms with Gasteiger partial charge < -0.3 is 14.2 Å². The number of Topliss-reactive ketones (excluding diaryl/α,β-unsaturated/α-hetero) is 1. The summed E-state index contributed by atoms with van der Waals surface area (Å²) in [6.45, 7) is 1.71. The Bertz CT molecular complexity index is 949. The van der Waals surface area contributed by atoms with Gasteiger partial charge in [0.2, 0.25) is 0 Å². The van der Waals surface area contributed by atoms with Crippen molar-refractivity contribution in [3.05, 3.63) is 58.7 Å². The van der Waals surface area contributed by atoms with Crippen molar-refractivity contribution in [2.75, 3.05) is 14.2 Å². The Morgan fingerprint density at radius 2 is 1.70 bits per heavy atom. The number of benzene rings is 2. The molecule has 0 heterocycles. The lowest BCUT2D eigenvalue weighted by molar-refractivity contribution is 0.101. The maximum absolute atomic E-state index is 11.5. The van der Waals surface area contributed by atoms with Gasteiger partial charge in [-0.1, -0.05) is 18.2 Å². The molecule has 0 atom stereocenters. The van der Waals surface area contributed by atoms with Crippen molar-refractivity contribution >= 4 is 11.9 Å². The van der Waals surface area contributed by atoms with E-state index in [2.05, 4.69) is 0 Å². The molecular formula is C21H18N2O4. The van der Waals surface area contributed by atoms with Crippen LogP contribution in [0, 0.1) is 22.7 Å². The van der Waals surface area contributed by atoms with Gasteiger partial charge in [-0.05, 0) is 36.8 Å². The molecule has 6 nitrogen and oxygen atoms in total. The number of carbonyl (C=O) groups excluding carboxylic acids is 1. The molecule has 0 fully saturated rings. The van der Waals surface area contributed by atoms with E-state index in [1.807, 2.05) is 12.1 Å². The van der Waals surface area contributed by atoms with Crippen molar-refractivity contribution in [2.24, 2.45) is 0 Å². The molecule has 0 N–H and O–H groups in total. The highest BCUT2D eigenvalue weighted by molar-refractivity contribution is 5.94. The second kappa shape index (κ2) is 9.07. The number of nitrogens with zero attached hydrogens (tertiary/aromatic N) is 2. The topological polar surface area (TPSA) is 92.3 Å². The number of nitriles is 2. The van der Waals surface area contributed by atoms with Gasteiger partial charge in [0.1, 0.15) is 30.1 Å². The molecule has 0 aliphatic rings. The Morgan fingerprint density at radius 1 is 1.00 bits per heavy atom. The monoisotopic (exact) mass is 362 g/mol. The third-order valence-electron chi connectivity index (χ3n) is 3.82. The highest BCUT2D eigenvalue weighted by Crippen LogP contribution is 2.31. The molecule has 0 radical (unpaired) electrons. The van der Waals surface area contributed by atoms with Crippen molar-refractivity contribution in [2.45, 2.75) is 13.5 Å². The van der Waals surface area contributed by atoms with Gasteiger partial charge >= 0.3 is 0 Å². The van der Waals surface area contributed by atoms with Gasteiger partial charge in [-0.15, -0.1) is 0 Å². The Labute approximate surface area is 157 Å². The van der Waals surface area contributed by atoms with E-state index in [0.717, 1.165) is 5.56 Å². The summed E-state index contributed by atoms with van der Waals surface area (Å²) in [4.78, 5) is 11.5. The lowest BCUT2D eigenvalue weighted by Crippen LogP contribution is -2.02. The Balaban J connectivity index is 2.24. The summed E-state index contributed by atoms with van der Waals surface area (Å²) in [5.41, 5.74) is 2.00. The van der Waals surface area contributed by atoms with Gasteiger partial charge in [0, 0.05) is 11.1 Å². The van der Waals surface area contributed by atoms with E-state index in [1.54, 1.807) is 36.4 Å². The van der Waals surface area contributed by atoms with Gasteiger partial charge in [0.05, 0.1) is 14.2 Å². The van der Waals surface area contributed by atoms with Crippen LogP contribution in [0.5, 0.6) is 17.2 Å². The highest BCUT2D eigenvalue weighted by Gasteiger charge is 2.10. The molecule has 6 heteroatoms. The maximum Gasteiger partial charge on any atom is 0.161 e. The number of hydrogen-bond donors (Lipinski definition) is 0. The lowest BCUT2D eigenvalue weighted by atomic mass is 10.1. The van der Waals surface area contributed by atoms with Crippen LogP contribution < -0.4 is 14.2 Å². The molecule has 0 saturated carbocycles.